The van der Waals surface area contributed by atoms with Crippen molar-refractivity contribution in [2.45, 2.75) is 0 Å². The molecule has 0 atom stereocenters. The van der Waals surface area contributed by atoms with Gasteiger partial charge in [0.15, 0.2) is 0 Å². The second-order valence-corrected chi connectivity index (χ2v) is 13.7. The number of fused-ring (bicyclic) bond motifs is 9. The number of hydrogen-bond acceptors (Lipinski definition) is 1. The van der Waals surface area contributed by atoms with E-state index in [-0.39, 0.29) is 0 Å². The molecule has 1 heteroatoms. The fourth-order valence-corrected chi connectivity index (χ4v) is 8.04. The van der Waals surface area contributed by atoms with Gasteiger partial charge in [0.05, 0.1) is 0 Å². The molecule has 1 aliphatic carbocycles. The van der Waals surface area contributed by atoms with Crippen LogP contribution in [0, 0.1) is 0 Å². The molecule has 9 aromatic carbocycles. The lowest BCUT2D eigenvalue weighted by Crippen LogP contribution is -2.10. The third-order valence-corrected chi connectivity index (χ3v) is 10.6. The van der Waals surface area contributed by atoms with Crippen molar-refractivity contribution in [1.82, 2.24) is 0 Å². The van der Waals surface area contributed by atoms with Crippen LogP contribution < -0.4 is 4.90 Å². The quantitative estimate of drug-likeness (QED) is 0.176. The Kier molecular flexibility index (Phi) is 7.55. The van der Waals surface area contributed by atoms with Crippen LogP contribution in [-0.2, 0) is 0 Å². The average Bonchev–Trinajstić information content (AvgIpc) is 3.24. The minimum absolute atomic E-state index is 1.10. The van der Waals surface area contributed by atoms with E-state index >= 15 is 0 Å². The molecule has 0 radical (unpaired) electrons. The van der Waals surface area contributed by atoms with Crippen molar-refractivity contribution in [2.24, 2.45) is 0 Å². The normalized spacial score (nSPS) is 11.4. The molecule has 248 valence electrons. The molecule has 0 aliphatic heterocycles. The Bertz CT molecular complexity index is 2750. The van der Waals surface area contributed by atoms with Gasteiger partial charge in [0.25, 0.3) is 0 Å². The van der Waals surface area contributed by atoms with E-state index < -0.39 is 0 Å². The van der Waals surface area contributed by atoms with Gasteiger partial charge in [-0.15, -0.1) is 0 Å². The molecule has 9 aromatic rings. The van der Waals surface area contributed by atoms with Crippen LogP contribution in [0.3, 0.4) is 0 Å². The highest BCUT2D eigenvalue weighted by atomic mass is 15.1. The standard InChI is InChI=1S/C52H35N/c1-2-12-36(13-3-1)38-24-28-42(29-25-38)53(43-30-26-39(27-31-43)41-23-22-37-14-4-5-15-40(37)34-41)44-32-33-51-49-20-9-8-18-47(49)45-16-6-7-17-46(45)48-19-10-11-21-50(48)52(51)35-44/h1-35H. The van der Waals surface area contributed by atoms with Gasteiger partial charge in [-0.2, -0.15) is 0 Å². The maximum Gasteiger partial charge on any atom is 0.0468 e. The summed E-state index contributed by atoms with van der Waals surface area (Å²) in [6.07, 6.45) is 0. The highest BCUT2D eigenvalue weighted by molar-refractivity contribution is 6.04. The lowest BCUT2D eigenvalue weighted by Gasteiger charge is -2.28. The zero-order valence-corrected chi connectivity index (χ0v) is 29.2. The van der Waals surface area contributed by atoms with Crippen LogP contribution in [0.2, 0.25) is 0 Å². The molecular weight excluding hydrogens is 639 g/mol. The first kappa shape index (κ1) is 30.8. The Hall–Kier alpha value is -6.96. The first-order valence-corrected chi connectivity index (χ1v) is 18.3. The summed E-state index contributed by atoms with van der Waals surface area (Å²) in [5.41, 5.74) is 18.1. The Labute approximate surface area is 310 Å². The molecule has 0 aromatic heterocycles. The van der Waals surface area contributed by atoms with Gasteiger partial charge in [-0.05, 0) is 120 Å². The molecule has 1 nitrogen and oxygen atoms in total. The fourth-order valence-electron chi connectivity index (χ4n) is 8.04. The predicted molar refractivity (Wildman–Crippen MR) is 225 cm³/mol. The van der Waals surface area contributed by atoms with Crippen LogP contribution in [-0.4, -0.2) is 0 Å². The summed E-state index contributed by atoms with van der Waals surface area (Å²) in [5.74, 6) is 0. The smallest absolute Gasteiger partial charge is 0.0468 e. The van der Waals surface area contributed by atoms with Crippen molar-refractivity contribution in [1.29, 1.82) is 0 Å². The zero-order valence-electron chi connectivity index (χ0n) is 29.2. The third kappa shape index (κ3) is 5.51. The van der Waals surface area contributed by atoms with E-state index in [0.717, 1.165) is 17.1 Å². The zero-order chi connectivity index (χ0) is 35.1. The van der Waals surface area contributed by atoms with Crippen molar-refractivity contribution in [3.63, 3.8) is 0 Å². The van der Waals surface area contributed by atoms with Gasteiger partial charge < -0.3 is 4.90 Å². The van der Waals surface area contributed by atoms with Gasteiger partial charge in [-0.1, -0.05) is 170 Å². The van der Waals surface area contributed by atoms with E-state index in [1.165, 1.54) is 77.5 Å². The summed E-state index contributed by atoms with van der Waals surface area (Å²) in [6.45, 7) is 0. The molecule has 10 rings (SSSR count). The monoisotopic (exact) mass is 673 g/mol. The highest BCUT2D eigenvalue weighted by Gasteiger charge is 2.23. The van der Waals surface area contributed by atoms with Crippen molar-refractivity contribution in [3.05, 3.63) is 212 Å². The van der Waals surface area contributed by atoms with Crippen LogP contribution in [0.5, 0.6) is 0 Å². The van der Waals surface area contributed by atoms with Crippen molar-refractivity contribution in [2.75, 3.05) is 4.90 Å². The van der Waals surface area contributed by atoms with Gasteiger partial charge in [-0.25, -0.2) is 0 Å². The maximum absolute atomic E-state index is 2.39. The summed E-state index contributed by atoms with van der Waals surface area (Å²) in [5, 5.41) is 2.50. The lowest BCUT2D eigenvalue weighted by atomic mass is 9.81. The van der Waals surface area contributed by atoms with Crippen LogP contribution in [0.25, 0.3) is 77.5 Å². The first-order valence-electron chi connectivity index (χ1n) is 18.3. The largest absolute Gasteiger partial charge is 0.310 e. The molecule has 0 amide bonds. The molecule has 0 heterocycles. The summed E-state index contributed by atoms with van der Waals surface area (Å²) in [7, 11) is 0. The molecule has 0 unspecified atom stereocenters. The second-order valence-electron chi connectivity index (χ2n) is 13.7. The first-order chi connectivity index (χ1) is 26.3. The van der Waals surface area contributed by atoms with Gasteiger partial charge in [-0.3, -0.25) is 0 Å². The van der Waals surface area contributed by atoms with Gasteiger partial charge >= 0.3 is 0 Å². The molecular formula is C52H35N. The summed E-state index contributed by atoms with van der Waals surface area (Å²) >= 11 is 0. The van der Waals surface area contributed by atoms with Crippen molar-refractivity contribution in [3.8, 4) is 66.8 Å². The van der Waals surface area contributed by atoms with E-state index in [0.29, 0.717) is 0 Å². The third-order valence-electron chi connectivity index (χ3n) is 10.6. The Morgan fingerprint density at radius 1 is 0.208 bits per heavy atom. The molecule has 0 saturated carbocycles. The van der Waals surface area contributed by atoms with E-state index in [9.17, 15) is 0 Å². The Morgan fingerprint density at radius 2 is 0.585 bits per heavy atom. The molecule has 0 N–H and O–H groups in total. The minimum Gasteiger partial charge on any atom is -0.310 e. The average molecular weight is 674 g/mol. The lowest BCUT2D eigenvalue weighted by molar-refractivity contribution is 1.28. The van der Waals surface area contributed by atoms with Gasteiger partial charge in [0.1, 0.15) is 0 Å². The number of hydrogen-bond donors (Lipinski definition) is 0. The van der Waals surface area contributed by atoms with Crippen LogP contribution in [0.4, 0.5) is 17.1 Å². The van der Waals surface area contributed by atoms with Crippen molar-refractivity contribution >= 4 is 27.8 Å². The minimum atomic E-state index is 1.10. The van der Waals surface area contributed by atoms with E-state index in [4.69, 9.17) is 0 Å². The Morgan fingerprint density at radius 3 is 1.13 bits per heavy atom. The molecule has 0 fully saturated rings. The predicted octanol–water partition coefficient (Wildman–Crippen LogP) is 14.6. The van der Waals surface area contributed by atoms with Gasteiger partial charge in [0, 0.05) is 17.1 Å². The number of anilines is 3. The maximum atomic E-state index is 2.39. The van der Waals surface area contributed by atoms with E-state index in [2.05, 4.69) is 217 Å². The van der Waals surface area contributed by atoms with E-state index in [1.807, 2.05) is 0 Å². The summed E-state index contributed by atoms with van der Waals surface area (Å²) in [6, 6.07) is 77.4. The van der Waals surface area contributed by atoms with Crippen molar-refractivity contribution < 1.29 is 0 Å². The molecule has 53 heavy (non-hydrogen) atoms. The number of benzene rings is 9. The summed E-state index contributed by atoms with van der Waals surface area (Å²) in [4.78, 5) is 2.39. The fraction of sp³-hybridized carbons (Fsp3) is 0. The van der Waals surface area contributed by atoms with Crippen LogP contribution in [0.1, 0.15) is 0 Å². The molecule has 0 saturated heterocycles. The molecule has 1 aliphatic rings. The molecule has 0 spiro atoms. The number of rotatable bonds is 5. The Balaban J connectivity index is 1.14. The summed E-state index contributed by atoms with van der Waals surface area (Å²) < 4.78 is 0. The van der Waals surface area contributed by atoms with Crippen LogP contribution >= 0.6 is 0 Å². The van der Waals surface area contributed by atoms with E-state index in [1.54, 1.807) is 0 Å². The van der Waals surface area contributed by atoms with Crippen LogP contribution in [0.15, 0.2) is 212 Å². The number of nitrogens with zero attached hydrogens (tertiary/aromatic N) is 1. The SMILES string of the molecule is c1ccc(-c2ccc(N(c3ccc(-c4ccc5ccccc5c4)cc3)c3ccc4c(c3)-c3ccccc3-c3ccccc3-c3ccccc3-4)cc2)cc1. The second kappa shape index (κ2) is 13.0. The highest BCUT2D eigenvalue weighted by Crippen LogP contribution is 2.49. The molecule has 0 bridgehead atoms. The topological polar surface area (TPSA) is 3.24 Å². The van der Waals surface area contributed by atoms with Gasteiger partial charge in [0.2, 0.25) is 0 Å².